The number of hydrogen-bond acceptors (Lipinski definition) is 5. The molecule has 0 radical (unpaired) electrons. The van der Waals surface area contributed by atoms with Crippen molar-refractivity contribution >= 4 is 29.7 Å². The summed E-state index contributed by atoms with van der Waals surface area (Å²) in [5.74, 6) is -7.13. The zero-order valence-corrected chi connectivity index (χ0v) is 26.0. The Balaban J connectivity index is 1.91. The Kier molecular flexibility index (Phi) is 8.88. The second kappa shape index (κ2) is 13.5. The van der Waals surface area contributed by atoms with Crippen molar-refractivity contribution in [1.82, 2.24) is 0 Å². The van der Waals surface area contributed by atoms with Crippen LogP contribution in [0.5, 0.6) is 0 Å². The molecule has 4 N–H and O–H groups in total. The molecule has 0 saturated carbocycles. The summed E-state index contributed by atoms with van der Waals surface area (Å²) in [6, 6.07) is 34.8. The van der Waals surface area contributed by atoms with Gasteiger partial charge in [-0.15, -0.1) is 0 Å². The fraction of sp³-hybridized carbons (Fsp3) is 0. The predicted molar refractivity (Wildman–Crippen MR) is 186 cm³/mol. The van der Waals surface area contributed by atoms with Gasteiger partial charge in [0.2, 0.25) is 0 Å². The largest absolute Gasteiger partial charge is 0.478 e. The van der Waals surface area contributed by atoms with Crippen molar-refractivity contribution in [2.45, 2.75) is 0 Å². The van der Waals surface area contributed by atoms with Crippen molar-refractivity contribution in [3.63, 3.8) is 0 Å². The van der Waals surface area contributed by atoms with Crippen LogP contribution in [0.25, 0.3) is 44.5 Å². The fourth-order valence-electron chi connectivity index (χ4n) is 6.32. The maximum absolute atomic E-state index is 15.4. The fourth-order valence-corrected chi connectivity index (χ4v) is 6.32. The van der Waals surface area contributed by atoms with E-state index in [9.17, 15) is 39.6 Å². The van der Waals surface area contributed by atoms with Crippen LogP contribution < -0.4 is 0 Å². The van der Waals surface area contributed by atoms with Crippen LogP contribution in [0.1, 0.15) is 57.4 Å². The molecule has 0 atom stereocenters. The summed E-state index contributed by atoms with van der Waals surface area (Å²) in [6.07, 6.45) is 0. The maximum atomic E-state index is 15.4. The Labute approximate surface area is 285 Å². The number of carbonyl (C=O) groups is 5. The molecule has 0 aliphatic heterocycles. The summed E-state index contributed by atoms with van der Waals surface area (Å²) in [5.41, 5.74) is -2.02. The lowest BCUT2D eigenvalue weighted by molar-refractivity contribution is 0.0652. The van der Waals surface area contributed by atoms with E-state index in [-0.39, 0.29) is 44.5 Å². The first kappa shape index (κ1) is 32.8. The molecule has 0 spiro atoms. The van der Waals surface area contributed by atoms with E-state index in [1.54, 1.807) is 109 Å². The number of carboxylic acid groups (broad SMARTS) is 4. The number of carbonyl (C=O) groups excluding carboxylic acids is 1. The molecule has 9 nitrogen and oxygen atoms in total. The van der Waals surface area contributed by atoms with Gasteiger partial charge in [0.05, 0.1) is 22.3 Å². The molecule has 6 aromatic carbocycles. The average molecular weight is 663 g/mol. The topological polar surface area (TPSA) is 166 Å². The van der Waals surface area contributed by atoms with E-state index in [1.165, 1.54) is 18.2 Å². The Morgan fingerprint density at radius 1 is 0.300 bits per heavy atom. The third kappa shape index (κ3) is 5.80. The Bertz CT molecular complexity index is 2310. The Morgan fingerprint density at radius 3 is 1.00 bits per heavy atom. The number of hydrogen-bond donors (Lipinski definition) is 4. The average Bonchev–Trinajstić information content (AvgIpc) is 3.13. The van der Waals surface area contributed by atoms with Crippen molar-refractivity contribution < 1.29 is 44.4 Å². The summed E-state index contributed by atoms with van der Waals surface area (Å²) in [7, 11) is 0. The minimum Gasteiger partial charge on any atom is -0.478 e. The van der Waals surface area contributed by atoms with Crippen LogP contribution in [0, 0.1) is 0 Å². The highest BCUT2D eigenvalue weighted by atomic mass is 16.4. The molecule has 244 valence electrons. The lowest BCUT2D eigenvalue weighted by atomic mass is 9.76. The zero-order valence-electron chi connectivity index (χ0n) is 26.0. The highest BCUT2D eigenvalue weighted by Gasteiger charge is 2.37. The third-order valence-electron chi connectivity index (χ3n) is 8.30. The lowest BCUT2D eigenvalue weighted by Crippen LogP contribution is -2.20. The van der Waals surface area contributed by atoms with Gasteiger partial charge in [-0.3, -0.25) is 4.79 Å². The Hall–Kier alpha value is -7.13. The number of rotatable bonds is 10. The molecule has 6 rings (SSSR count). The van der Waals surface area contributed by atoms with Gasteiger partial charge in [0.15, 0.2) is 5.78 Å². The van der Waals surface area contributed by atoms with Crippen LogP contribution in [-0.2, 0) is 0 Å². The SMILES string of the molecule is O=C(O)c1ccc(C(=O)c2c(-c3ccccc3)c(C(=O)O)c(C(=O)O)c(-c3ccccc3)c2-c2ccccc2)c(-c2ccccc2)c1C(=O)O. The van der Waals surface area contributed by atoms with Crippen molar-refractivity contribution in [1.29, 1.82) is 0 Å². The minimum atomic E-state index is -1.61. The first-order chi connectivity index (χ1) is 24.1. The molecule has 9 heteroatoms. The summed E-state index contributed by atoms with van der Waals surface area (Å²) in [6.45, 7) is 0. The second-order valence-electron chi connectivity index (χ2n) is 11.2. The van der Waals surface area contributed by atoms with Gasteiger partial charge in [0.25, 0.3) is 0 Å². The number of carboxylic acids is 4. The van der Waals surface area contributed by atoms with Gasteiger partial charge in [-0.25, -0.2) is 19.2 Å². The molecule has 0 amide bonds. The summed E-state index contributed by atoms with van der Waals surface area (Å²) in [4.78, 5) is 67.1. The van der Waals surface area contributed by atoms with Crippen LogP contribution in [0.4, 0.5) is 0 Å². The van der Waals surface area contributed by atoms with Gasteiger partial charge in [-0.05, 0) is 34.4 Å². The summed E-state index contributed by atoms with van der Waals surface area (Å²) in [5, 5.41) is 41.9. The minimum absolute atomic E-state index is 0.0355. The molecule has 0 aliphatic carbocycles. The molecule has 6 aromatic rings. The number of ketones is 1. The maximum Gasteiger partial charge on any atom is 0.337 e. The molecule has 0 saturated heterocycles. The van der Waals surface area contributed by atoms with Gasteiger partial charge in [-0.2, -0.15) is 0 Å². The molecule has 0 aromatic heterocycles. The first-order valence-electron chi connectivity index (χ1n) is 15.2. The quantitative estimate of drug-likeness (QED) is 0.105. The van der Waals surface area contributed by atoms with E-state index >= 15 is 4.79 Å². The van der Waals surface area contributed by atoms with Crippen molar-refractivity contribution in [3.8, 4) is 44.5 Å². The van der Waals surface area contributed by atoms with Gasteiger partial charge in [0.1, 0.15) is 0 Å². The summed E-state index contributed by atoms with van der Waals surface area (Å²) < 4.78 is 0. The van der Waals surface area contributed by atoms with E-state index in [0.29, 0.717) is 11.1 Å². The number of aromatic carboxylic acids is 4. The van der Waals surface area contributed by atoms with E-state index < -0.39 is 51.9 Å². The van der Waals surface area contributed by atoms with Gasteiger partial charge in [-0.1, -0.05) is 121 Å². The van der Waals surface area contributed by atoms with Crippen LogP contribution in [0.2, 0.25) is 0 Å². The van der Waals surface area contributed by atoms with Crippen molar-refractivity contribution in [2.24, 2.45) is 0 Å². The van der Waals surface area contributed by atoms with E-state index in [0.717, 1.165) is 6.07 Å². The molecule has 0 unspecified atom stereocenters. The predicted octanol–water partition coefficient (Wildman–Crippen LogP) is 8.38. The normalized spacial score (nSPS) is 10.7. The zero-order chi connectivity index (χ0) is 35.5. The summed E-state index contributed by atoms with van der Waals surface area (Å²) >= 11 is 0. The molecular weight excluding hydrogens is 636 g/mol. The first-order valence-corrected chi connectivity index (χ1v) is 15.2. The van der Waals surface area contributed by atoms with Crippen molar-refractivity contribution in [2.75, 3.05) is 0 Å². The second-order valence-corrected chi connectivity index (χ2v) is 11.2. The molecule has 0 aliphatic rings. The lowest BCUT2D eigenvalue weighted by Gasteiger charge is -2.25. The van der Waals surface area contributed by atoms with Gasteiger partial charge < -0.3 is 20.4 Å². The monoisotopic (exact) mass is 662 g/mol. The van der Waals surface area contributed by atoms with Crippen LogP contribution in [0.15, 0.2) is 133 Å². The van der Waals surface area contributed by atoms with Crippen LogP contribution in [-0.4, -0.2) is 50.1 Å². The highest BCUT2D eigenvalue weighted by molar-refractivity contribution is 6.27. The number of benzene rings is 6. The van der Waals surface area contributed by atoms with E-state index in [4.69, 9.17) is 0 Å². The molecule has 50 heavy (non-hydrogen) atoms. The Morgan fingerprint density at radius 2 is 0.620 bits per heavy atom. The van der Waals surface area contributed by atoms with E-state index in [1.807, 2.05) is 0 Å². The third-order valence-corrected chi connectivity index (χ3v) is 8.30. The van der Waals surface area contributed by atoms with Crippen LogP contribution in [0.3, 0.4) is 0 Å². The smallest absolute Gasteiger partial charge is 0.337 e. The van der Waals surface area contributed by atoms with Crippen molar-refractivity contribution in [3.05, 3.63) is 167 Å². The molecular formula is C41H26O9. The highest BCUT2D eigenvalue weighted by Crippen LogP contribution is 2.47. The van der Waals surface area contributed by atoms with E-state index in [2.05, 4.69) is 0 Å². The molecule has 0 heterocycles. The molecule has 0 bridgehead atoms. The van der Waals surface area contributed by atoms with Gasteiger partial charge in [0, 0.05) is 33.4 Å². The molecule has 0 fully saturated rings. The van der Waals surface area contributed by atoms with Crippen LogP contribution >= 0.6 is 0 Å². The standard InChI is InChI=1S/C41H26O9/c42-37(27-21-22-28(38(43)44)33(39(45)46)29(27)23-13-5-1-6-14-23)34-30(24-15-7-2-8-16-24)31(25-17-9-3-10-18-25)35(40(47)48)36(41(49)50)32(34)26-19-11-4-12-20-26/h1-22H,(H,43,44)(H,45,46)(H,47,48)(H,49,50). The van der Waals surface area contributed by atoms with Gasteiger partial charge >= 0.3 is 23.9 Å².